The fraction of sp³-hybridized carbons (Fsp3) is 0.100. The van der Waals surface area contributed by atoms with E-state index in [1.165, 1.54) is 23.5 Å². The second-order valence-electron chi connectivity index (χ2n) is 3.20. The Labute approximate surface area is 101 Å². The van der Waals surface area contributed by atoms with Crippen molar-refractivity contribution in [2.75, 3.05) is 0 Å². The van der Waals surface area contributed by atoms with E-state index < -0.39 is 4.92 Å². The molecule has 6 heteroatoms. The summed E-state index contributed by atoms with van der Waals surface area (Å²) in [5, 5.41) is 10.8. The first-order chi connectivity index (χ1) is 7.56. The smallest absolute Gasteiger partial charge is 0.258 e. The number of nitro groups is 1. The maximum absolute atomic E-state index is 10.7. The van der Waals surface area contributed by atoms with Crippen LogP contribution in [0.3, 0.4) is 0 Å². The van der Waals surface area contributed by atoms with Gasteiger partial charge in [-0.3, -0.25) is 10.1 Å². The highest BCUT2D eigenvalue weighted by atomic mass is 35.5. The Balaban J connectivity index is 2.53. The SMILES string of the molecule is Cc1ccc(-c2cc([N+](=O)[O-])cc(Cl)n2)s1. The third-order valence-electron chi connectivity index (χ3n) is 1.98. The van der Waals surface area contributed by atoms with E-state index in [2.05, 4.69) is 4.98 Å². The van der Waals surface area contributed by atoms with E-state index in [1.54, 1.807) is 0 Å². The normalized spacial score (nSPS) is 10.4. The lowest BCUT2D eigenvalue weighted by Crippen LogP contribution is -1.90. The van der Waals surface area contributed by atoms with Crippen LogP contribution in [-0.2, 0) is 0 Å². The molecule has 2 heterocycles. The second kappa shape index (κ2) is 4.19. The van der Waals surface area contributed by atoms with Crippen LogP contribution in [0.25, 0.3) is 10.6 Å². The van der Waals surface area contributed by atoms with Crippen molar-refractivity contribution in [2.24, 2.45) is 0 Å². The van der Waals surface area contributed by atoms with E-state index in [0.29, 0.717) is 5.69 Å². The van der Waals surface area contributed by atoms with Crippen molar-refractivity contribution in [3.8, 4) is 10.6 Å². The molecule has 4 nitrogen and oxygen atoms in total. The Morgan fingerprint density at radius 1 is 1.44 bits per heavy atom. The summed E-state index contributed by atoms with van der Waals surface area (Å²) in [5.41, 5.74) is 0.498. The highest BCUT2D eigenvalue weighted by Gasteiger charge is 2.12. The van der Waals surface area contributed by atoms with E-state index in [9.17, 15) is 10.1 Å². The van der Waals surface area contributed by atoms with Crippen molar-refractivity contribution in [2.45, 2.75) is 6.92 Å². The molecular formula is C10H7ClN2O2S. The Morgan fingerprint density at radius 2 is 2.19 bits per heavy atom. The number of nitrogens with zero attached hydrogens (tertiary/aromatic N) is 2. The molecular weight excluding hydrogens is 248 g/mol. The zero-order chi connectivity index (χ0) is 11.7. The van der Waals surface area contributed by atoms with Crippen LogP contribution in [0, 0.1) is 17.0 Å². The van der Waals surface area contributed by atoms with Crippen LogP contribution in [0.2, 0.25) is 5.15 Å². The van der Waals surface area contributed by atoms with Gasteiger partial charge in [0.05, 0.1) is 21.6 Å². The van der Waals surface area contributed by atoms with Gasteiger partial charge < -0.3 is 0 Å². The van der Waals surface area contributed by atoms with E-state index in [-0.39, 0.29) is 10.8 Å². The lowest BCUT2D eigenvalue weighted by atomic mass is 10.3. The number of aryl methyl sites for hydroxylation is 1. The first-order valence-electron chi connectivity index (χ1n) is 4.45. The fourth-order valence-corrected chi connectivity index (χ4v) is 2.32. The topological polar surface area (TPSA) is 56.0 Å². The van der Waals surface area contributed by atoms with E-state index in [1.807, 2.05) is 19.1 Å². The Morgan fingerprint density at radius 3 is 2.75 bits per heavy atom. The van der Waals surface area contributed by atoms with Gasteiger partial charge in [-0.05, 0) is 19.1 Å². The van der Waals surface area contributed by atoms with E-state index in [4.69, 9.17) is 11.6 Å². The summed E-state index contributed by atoms with van der Waals surface area (Å²) in [7, 11) is 0. The number of hydrogen-bond acceptors (Lipinski definition) is 4. The van der Waals surface area contributed by atoms with Crippen molar-refractivity contribution < 1.29 is 4.92 Å². The minimum absolute atomic E-state index is 0.0407. The van der Waals surface area contributed by atoms with Gasteiger partial charge in [-0.2, -0.15) is 0 Å². The first-order valence-corrected chi connectivity index (χ1v) is 5.64. The van der Waals surface area contributed by atoms with Crippen LogP contribution in [0.4, 0.5) is 5.69 Å². The third-order valence-corrected chi connectivity index (χ3v) is 3.20. The van der Waals surface area contributed by atoms with Crippen LogP contribution in [-0.4, -0.2) is 9.91 Å². The highest BCUT2D eigenvalue weighted by molar-refractivity contribution is 7.15. The van der Waals surface area contributed by atoms with Crippen LogP contribution >= 0.6 is 22.9 Å². The molecule has 0 aromatic carbocycles. The Hall–Kier alpha value is -1.46. The number of pyridine rings is 1. The predicted molar refractivity (Wildman–Crippen MR) is 64.0 cm³/mol. The number of halogens is 1. The summed E-state index contributed by atoms with van der Waals surface area (Å²) in [6.45, 7) is 1.97. The summed E-state index contributed by atoms with van der Waals surface area (Å²) in [6.07, 6.45) is 0. The molecule has 0 bridgehead atoms. The molecule has 82 valence electrons. The molecule has 0 aliphatic carbocycles. The van der Waals surface area contributed by atoms with Crippen molar-refractivity contribution in [3.05, 3.63) is 44.4 Å². The minimum atomic E-state index is -0.475. The summed E-state index contributed by atoms with van der Waals surface area (Å²) >= 11 is 7.27. The highest BCUT2D eigenvalue weighted by Crippen LogP contribution is 2.30. The molecule has 0 aliphatic rings. The Bertz CT molecular complexity index is 554. The molecule has 0 atom stereocenters. The molecule has 2 aromatic heterocycles. The van der Waals surface area contributed by atoms with Crippen LogP contribution in [0.1, 0.15) is 4.88 Å². The standard InChI is InChI=1S/C10H7ClN2O2S/c1-6-2-3-9(16-6)8-4-7(13(14)15)5-10(11)12-8/h2-5H,1H3. The molecule has 0 radical (unpaired) electrons. The van der Waals surface area contributed by atoms with Gasteiger partial charge in [0.25, 0.3) is 5.69 Å². The zero-order valence-corrected chi connectivity index (χ0v) is 9.88. The molecule has 0 saturated heterocycles. The van der Waals surface area contributed by atoms with Gasteiger partial charge in [0, 0.05) is 10.9 Å². The van der Waals surface area contributed by atoms with Gasteiger partial charge in [0.1, 0.15) is 5.15 Å². The van der Waals surface area contributed by atoms with Gasteiger partial charge in [-0.1, -0.05) is 11.6 Å². The molecule has 0 unspecified atom stereocenters. The molecule has 2 aromatic rings. The maximum Gasteiger partial charge on any atom is 0.274 e. The minimum Gasteiger partial charge on any atom is -0.258 e. The van der Waals surface area contributed by atoms with Crippen LogP contribution < -0.4 is 0 Å². The first kappa shape index (κ1) is 11.0. The molecule has 0 saturated carbocycles. The molecule has 0 fully saturated rings. The van der Waals surface area contributed by atoms with E-state index >= 15 is 0 Å². The molecule has 16 heavy (non-hydrogen) atoms. The lowest BCUT2D eigenvalue weighted by molar-refractivity contribution is -0.384. The average molecular weight is 255 g/mol. The summed E-state index contributed by atoms with van der Waals surface area (Å²) in [4.78, 5) is 16.3. The molecule has 0 aliphatic heterocycles. The van der Waals surface area contributed by atoms with Gasteiger partial charge in [-0.25, -0.2) is 4.98 Å². The van der Waals surface area contributed by atoms with Crippen molar-refractivity contribution >= 4 is 28.6 Å². The Kier molecular flexibility index (Phi) is 2.89. The molecule has 2 rings (SSSR count). The monoisotopic (exact) mass is 254 g/mol. The number of hydrogen-bond donors (Lipinski definition) is 0. The number of aromatic nitrogens is 1. The van der Waals surface area contributed by atoms with Gasteiger partial charge >= 0.3 is 0 Å². The van der Waals surface area contributed by atoms with Gasteiger partial charge in [0.15, 0.2) is 0 Å². The molecule has 0 spiro atoms. The molecule has 0 N–H and O–H groups in total. The fourth-order valence-electron chi connectivity index (χ4n) is 1.29. The summed E-state index contributed by atoms with van der Waals surface area (Å²) in [6, 6.07) is 6.49. The lowest BCUT2D eigenvalue weighted by Gasteiger charge is -1.98. The summed E-state index contributed by atoms with van der Waals surface area (Å²) in [5.74, 6) is 0. The van der Waals surface area contributed by atoms with Crippen LogP contribution in [0.5, 0.6) is 0 Å². The molecule has 0 amide bonds. The van der Waals surface area contributed by atoms with Crippen molar-refractivity contribution in [1.29, 1.82) is 0 Å². The number of rotatable bonds is 2. The van der Waals surface area contributed by atoms with Crippen molar-refractivity contribution in [1.82, 2.24) is 4.98 Å². The largest absolute Gasteiger partial charge is 0.274 e. The van der Waals surface area contributed by atoms with Crippen LogP contribution in [0.15, 0.2) is 24.3 Å². The second-order valence-corrected chi connectivity index (χ2v) is 4.88. The number of thiophene rings is 1. The maximum atomic E-state index is 10.7. The average Bonchev–Trinajstić information content (AvgIpc) is 2.64. The zero-order valence-electron chi connectivity index (χ0n) is 8.31. The quantitative estimate of drug-likeness (QED) is 0.467. The van der Waals surface area contributed by atoms with E-state index in [0.717, 1.165) is 9.75 Å². The van der Waals surface area contributed by atoms with Crippen molar-refractivity contribution in [3.63, 3.8) is 0 Å². The van der Waals surface area contributed by atoms with Gasteiger partial charge in [0.2, 0.25) is 0 Å². The predicted octanol–water partition coefficient (Wildman–Crippen LogP) is 3.68. The van der Waals surface area contributed by atoms with Gasteiger partial charge in [-0.15, -0.1) is 11.3 Å². The third kappa shape index (κ3) is 2.20. The summed E-state index contributed by atoms with van der Waals surface area (Å²) < 4.78 is 0.